The molecule has 32 heavy (non-hydrogen) atoms. The van der Waals surface area contributed by atoms with Crippen LogP contribution in [0.4, 0.5) is 11.4 Å². The van der Waals surface area contributed by atoms with Gasteiger partial charge in [0, 0.05) is 27.9 Å². The van der Waals surface area contributed by atoms with Crippen molar-refractivity contribution in [2.24, 2.45) is 0 Å². The van der Waals surface area contributed by atoms with Crippen molar-refractivity contribution in [1.82, 2.24) is 0 Å². The van der Waals surface area contributed by atoms with Crippen molar-refractivity contribution >= 4 is 40.9 Å². The number of hydrogen-bond donors (Lipinski definition) is 3. The largest absolute Gasteiger partial charge is 0.494 e. The Morgan fingerprint density at radius 2 is 1.62 bits per heavy atom. The number of unbranched alkanes of at least 4 members (excludes halogenated alkanes) is 1. The van der Waals surface area contributed by atoms with Crippen LogP contribution in [0.3, 0.4) is 0 Å². The van der Waals surface area contributed by atoms with E-state index in [-0.39, 0.29) is 16.7 Å². The zero-order valence-corrected chi connectivity index (χ0v) is 19.2. The standard InChI is InChI=1S/C24H28N2O5S/c1-4-5-14-31-20-10-6-19(7-11-20)26-23(28)17(3)32-21-12-8-18(9-13-21)25-22(27)15-16(2)24(29)30/h6-13,15,17H,4-5,14H2,1-3H3,(H,25,27)(H,26,28)(H,29,30)/b16-15-/t17-/m1/s1. The Kier molecular flexibility index (Phi) is 9.81. The summed E-state index contributed by atoms with van der Waals surface area (Å²) in [6.07, 6.45) is 3.11. The number of carboxylic acids is 1. The van der Waals surface area contributed by atoms with Gasteiger partial charge in [0.1, 0.15) is 5.75 Å². The summed E-state index contributed by atoms with van der Waals surface area (Å²) in [5.74, 6) is -1.00. The number of thioether (sulfide) groups is 1. The van der Waals surface area contributed by atoms with E-state index in [1.54, 1.807) is 24.3 Å². The van der Waals surface area contributed by atoms with Crippen LogP contribution in [-0.4, -0.2) is 34.7 Å². The zero-order valence-electron chi connectivity index (χ0n) is 18.4. The monoisotopic (exact) mass is 456 g/mol. The van der Waals surface area contributed by atoms with E-state index in [9.17, 15) is 14.4 Å². The number of aliphatic carboxylic acids is 1. The van der Waals surface area contributed by atoms with Gasteiger partial charge in [-0.15, -0.1) is 11.8 Å². The highest BCUT2D eigenvalue weighted by Gasteiger charge is 2.15. The fourth-order valence-corrected chi connectivity index (χ4v) is 3.39. The van der Waals surface area contributed by atoms with Crippen LogP contribution < -0.4 is 15.4 Å². The summed E-state index contributed by atoms with van der Waals surface area (Å²) >= 11 is 1.39. The zero-order chi connectivity index (χ0) is 23.5. The first kappa shape index (κ1) is 25.0. The molecule has 0 fully saturated rings. The van der Waals surface area contributed by atoms with Gasteiger partial charge in [0.15, 0.2) is 0 Å². The summed E-state index contributed by atoms with van der Waals surface area (Å²) in [7, 11) is 0. The van der Waals surface area contributed by atoms with Gasteiger partial charge in [-0.05, 0) is 68.8 Å². The minimum Gasteiger partial charge on any atom is -0.494 e. The van der Waals surface area contributed by atoms with Gasteiger partial charge in [0.25, 0.3) is 0 Å². The van der Waals surface area contributed by atoms with Gasteiger partial charge < -0.3 is 20.5 Å². The van der Waals surface area contributed by atoms with Crippen LogP contribution in [0, 0.1) is 0 Å². The minimum atomic E-state index is -1.14. The molecule has 1 atom stereocenters. The van der Waals surface area contributed by atoms with Crippen LogP contribution >= 0.6 is 11.8 Å². The van der Waals surface area contributed by atoms with Crippen LogP contribution in [0.15, 0.2) is 65.1 Å². The molecule has 2 aromatic carbocycles. The van der Waals surface area contributed by atoms with Crippen molar-refractivity contribution in [3.05, 3.63) is 60.2 Å². The van der Waals surface area contributed by atoms with Crippen molar-refractivity contribution in [1.29, 1.82) is 0 Å². The van der Waals surface area contributed by atoms with E-state index in [4.69, 9.17) is 9.84 Å². The smallest absolute Gasteiger partial charge is 0.331 e. The molecule has 3 N–H and O–H groups in total. The second-order valence-corrected chi connectivity index (χ2v) is 8.54. The molecule has 2 aromatic rings. The highest BCUT2D eigenvalue weighted by Crippen LogP contribution is 2.26. The fraction of sp³-hybridized carbons (Fsp3) is 0.292. The quantitative estimate of drug-likeness (QED) is 0.251. The van der Waals surface area contributed by atoms with Crippen molar-refractivity contribution in [2.75, 3.05) is 17.2 Å². The summed E-state index contributed by atoms with van der Waals surface area (Å²) in [6, 6.07) is 14.3. The lowest BCUT2D eigenvalue weighted by Gasteiger charge is -2.13. The Morgan fingerprint density at radius 3 is 2.22 bits per heavy atom. The normalized spacial score (nSPS) is 12.0. The number of carbonyl (C=O) groups is 3. The predicted octanol–water partition coefficient (Wildman–Crippen LogP) is 4.95. The third kappa shape index (κ3) is 8.47. The molecule has 0 aromatic heterocycles. The van der Waals surface area contributed by atoms with E-state index in [1.807, 2.05) is 31.2 Å². The number of carbonyl (C=O) groups excluding carboxylic acids is 2. The lowest BCUT2D eigenvalue weighted by atomic mass is 10.2. The number of nitrogens with one attached hydrogen (secondary N) is 2. The number of hydrogen-bond acceptors (Lipinski definition) is 5. The third-order valence-corrected chi connectivity index (χ3v) is 5.49. The molecule has 0 heterocycles. The minimum absolute atomic E-state index is 0.0480. The van der Waals surface area contributed by atoms with Gasteiger partial charge >= 0.3 is 5.97 Å². The third-order valence-electron chi connectivity index (χ3n) is 4.38. The highest BCUT2D eigenvalue weighted by atomic mass is 32.2. The van der Waals surface area contributed by atoms with Gasteiger partial charge in [-0.3, -0.25) is 9.59 Å². The highest BCUT2D eigenvalue weighted by molar-refractivity contribution is 8.00. The van der Waals surface area contributed by atoms with E-state index in [2.05, 4.69) is 17.6 Å². The SMILES string of the molecule is CCCCOc1ccc(NC(=O)[C@@H](C)Sc2ccc(NC(=O)/C=C(/C)C(=O)O)cc2)cc1. The molecule has 0 aliphatic rings. The van der Waals surface area contributed by atoms with Crippen LogP contribution in [0.25, 0.3) is 0 Å². The summed E-state index contributed by atoms with van der Waals surface area (Å²) < 4.78 is 5.62. The Bertz CT molecular complexity index is 955. The number of carboxylic acid groups (broad SMARTS) is 1. The van der Waals surface area contributed by atoms with Gasteiger partial charge in [-0.25, -0.2) is 4.79 Å². The van der Waals surface area contributed by atoms with Crippen molar-refractivity contribution < 1.29 is 24.2 Å². The summed E-state index contributed by atoms with van der Waals surface area (Å²) in [5.41, 5.74) is 1.19. The summed E-state index contributed by atoms with van der Waals surface area (Å²) in [4.78, 5) is 36.0. The maximum absolute atomic E-state index is 12.5. The molecule has 7 nitrogen and oxygen atoms in total. The maximum atomic E-state index is 12.5. The number of ether oxygens (including phenoxy) is 1. The Morgan fingerprint density at radius 1 is 1.03 bits per heavy atom. The average molecular weight is 457 g/mol. The lowest BCUT2D eigenvalue weighted by Crippen LogP contribution is -2.22. The average Bonchev–Trinajstić information content (AvgIpc) is 2.76. The Labute approximate surface area is 192 Å². The van der Waals surface area contributed by atoms with E-state index in [0.29, 0.717) is 18.0 Å². The molecular formula is C24H28N2O5S. The Hall–Kier alpha value is -3.26. The van der Waals surface area contributed by atoms with Crippen LogP contribution in [0.2, 0.25) is 0 Å². The van der Waals surface area contributed by atoms with Crippen LogP contribution in [-0.2, 0) is 14.4 Å². The van der Waals surface area contributed by atoms with Crippen molar-refractivity contribution in [3.63, 3.8) is 0 Å². The molecular weight excluding hydrogens is 428 g/mol. The molecule has 0 saturated carbocycles. The molecule has 0 spiro atoms. The van der Waals surface area contributed by atoms with Crippen LogP contribution in [0.1, 0.15) is 33.6 Å². The van der Waals surface area contributed by atoms with E-state index >= 15 is 0 Å². The number of amides is 2. The summed E-state index contributed by atoms with van der Waals surface area (Å²) in [6.45, 7) is 5.95. The van der Waals surface area contributed by atoms with E-state index in [1.165, 1.54) is 18.7 Å². The molecule has 2 amide bonds. The molecule has 0 aliphatic heterocycles. The topological polar surface area (TPSA) is 105 Å². The van der Waals surface area contributed by atoms with Crippen LogP contribution in [0.5, 0.6) is 5.75 Å². The first-order valence-corrected chi connectivity index (χ1v) is 11.2. The van der Waals surface area contributed by atoms with E-state index in [0.717, 1.165) is 29.6 Å². The van der Waals surface area contributed by atoms with Crippen molar-refractivity contribution in [2.45, 2.75) is 43.8 Å². The van der Waals surface area contributed by atoms with Crippen molar-refractivity contribution in [3.8, 4) is 5.75 Å². The first-order valence-electron chi connectivity index (χ1n) is 10.3. The number of rotatable bonds is 11. The molecule has 0 radical (unpaired) electrons. The van der Waals surface area contributed by atoms with Gasteiger partial charge in [0.05, 0.1) is 11.9 Å². The fourth-order valence-electron chi connectivity index (χ4n) is 2.52. The van der Waals surface area contributed by atoms with Gasteiger partial charge in [-0.2, -0.15) is 0 Å². The van der Waals surface area contributed by atoms with Gasteiger partial charge in [-0.1, -0.05) is 13.3 Å². The molecule has 0 unspecified atom stereocenters. The predicted molar refractivity (Wildman–Crippen MR) is 127 cm³/mol. The molecule has 170 valence electrons. The summed E-state index contributed by atoms with van der Waals surface area (Å²) in [5, 5.41) is 14.0. The molecule has 0 saturated heterocycles. The lowest BCUT2D eigenvalue weighted by molar-refractivity contribution is -0.132. The number of benzene rings is 2. The van der Waals surface area contributed by atoms with Gasteiger partial charge in [0.2, 0.25) is 11.8 Å². The second-order valence-electron chi connectivity index (χ2n) is 7.12. The maximum Gasteiger partial charge on any atom is 0.331 e. The Balaban J connectivity index is 1.85. The number of anilines is 2. The molecule has 0 aliphatic carbocycles. The molecule has 8 heteroatoms. The molecule has 2 rings (SSSR count). The second kappa shape index (κ2) is 12.6. The van der Waals surface area contributed by atoms with E-state index < -0.39 is 11.9 Å². The first-order chi connectivity index (χ1) is 15.3. The molecule has 0 bridgehead atoms.